The summed E-state index contributed by atoms with van der Waals surface area (Å²) in [6.45, 7) is 1.96. The van der Waals surface area contributed by atoms with Crippen molar-refractivity contribution < 1.29 is 29.0 Å². The van der Waals surface area contributed by atoms with Gasteiger partial charge in [0.1, 0.15) is 11.5 Å². The van der Waals surface area contributed by atoms with E-state index in [1.807, 2.05) is 25.1 Å². The van der Waals surface area contributed by atoms with Crippen LogP contribution in [0.15, 0.2) is 72.3 Å². The van der Waals surface area contributed by atoms with Crippen molar-refractivity contribution in [3.8, 4) is 5.75 Å². The molecule has 0 spiro atoms. The number of thiazole rings is 1. The van der Waals surface area contributed by atoms with Crippen LogP contribution in [0.4, 0.5) is 5.13 Å². The quantitative estimate of drug-likeness (QED) is 0.172. The molecule has 1 atom stereocenters. The third kappa shape index (κ3) is 4.23. The number of hydrogen-bond acceptors (Lipinski definition) is 8. The highest BCUT2D eigenvalue weighted by Gasteiger charge is 2.48. The number of amides is 1. The Kier molecular flexibility index (Phi) is 6.22. The fraction of sp³-hybridized carbons (Fsp3) is 0.143. The maximum Gasteiger partial charge on any atom is 0.337 e. The maximum absolute atomic E-state index is 13.4. The fourth-order valence-electron chi connectivity index (χ4n) is 4.29. The van der Waals surface area contributed by atoms with Crippen LogP contribution in [-0.4, -0.2) is 42.0 Å². The van der Waals surface area contributed by atoms with Gasteiger partial charge in [-0.15, -0.1) is 0 Å². The van der Waals surface area contributed by atoms with Crippen LogP contribution < -0.4 is 9.64 Å². The van der Waals surface area contributed by atoms with Crippen LogP contribution in [-0.2, 0) is 14.3 Å². The number of ether oxygens (including phenoxy) is 2. The van der Waals surface area contributed by atoms with E-state index >= 15 is 0 Å². The summed E-state index contributed by atoms with van der Waals surface area (Å²) in [6.07, 6.45) is 0. The zero-order chi connectivity index (χ0) is 26.3. The predicted octanol–water partition coefficient (Wildman–Crippen LogP) is 5.03. The molecule has 1 fully saturated rings. The number of aliphatic hydroxyl groups is 1. The first-order valence-corrected chi connectivity index (χ1v) is 12.1. The zero-order valence-electron chi connectivity index (χ0n) is 20.2. The number of hydrogen-bond donors (Lipinski definition) is 1. The molecule has 3 aromatic carbocycles. The topological polar surface area (TPSA) is 106 Å². The summed E-state index contributed by atoms with van der Waals surface area (Å²) in [6, 6.07) is 17.7. The first kappa shape index (κ1) is 24.2. The first-order valence-electron chi connectivity index (χ1n) is 11.3. The minimum atomic E-state index is -0.963. The number of Topliss-reactive ketones (excluding diaryl/α,β-unsaturated/α-hetero) is 1. The predicted molar refractivity (Wildman–Crippen MR) is 140 cm³/mol. The van der Waals surface area contributed by atoms with Gasteiger partial charge in [-0.25, -0.2) is 9.78 Å². The first-order chi connectivity index (χ1) is 17.8. The van der Waals surface area contributed by atoms with Crippen molar-refractivity contribution in [1.29, 1.82) is 0 Å². The molecule has 0 saturated carbocycles. The second-order valence-electron chi connectivity index (χ2n) is 8.48. The van der Waals surface area contributed by atoms with Crippen LogP contribution in [0.3, 0.4) is 0 Å². The molecule has 1 aromatic heterocycles. The second kappa shape index (κ2) is 9.51. The Morgan fingerprint density at radius 1 is 0.973 bits per heavy atom. The van der Waals surface area contributed by atoms with Gasteiger partial charge in [0.25, 0.3) is 5.78 Å². The van der Waals surface area contributed by atoms with Gasteiger partial charge in [-0.05, 0) is 66.6 Å². The zero-order valence-corrected chi connectivity index (χ0v) is 21.0. The lowest BCUT2D eigenvalue weighted by molar-refractivity contribution is -0.132. The van der Waals surface area contributed by atoms with Crippen molar-refractivity contribution >= 4 is 50.1 Å². The Morgan fingerprint density at radius 2 is 1.65 bits per heavy atom. The van der Waals surface area contributed by atoms with E-state index in [4.69, 9.17) is 9.47 Å². The summed E-state index contributed by atoms with van der Waals surface area (Å²) in [5.41, 5.74) is 2.86. The maximum atomic E-state index is 13.4. The number of carbonyl (C=O) groups is 3. The highest BCUT2D eigenvalue weighted by Crippen LogP contribution is 2.44. The monoisotopic (exact) mass is 514 g/mol. The van der Waals surface area contributed by atoms with Gasteiger partial charge in [0.05, 0.1) is 41.6 Å². The number of aromatic nitrogens is 1. The van der Waals surface area contributed by atoms with Crippen molar-refractivity contribution in [1.82, 2.24) is 4.98 Å². The van der Waals surface area contributed by atoms with Crippen LogP contribution in [0.25, 0.3) is 16.0 Å². The molecular weight excluding hydrogens is 492 g/mol. The summed E-state index contributed by atoms with van der Waals surface area (Å²) in [5, 5.41) is 11.6. The number of anilines is 1. The molecule has 0 aliphatic carbocycles. The highest BCUT2D eigenvalue weighted by molar-refractivity contribution is 7.22. The number of methoxy groups -OCH3 is 2. The molecule has 0 radical (unpaired) electrons. The number of aryl methyl sites for hydroxylation is 1. The Hall–Kier alpha value is -4.50. The number of fused-ring (bicyclic) bond motifs is 1. The minimum absolute atomic E-state index is 0.0728. The van der Waals surface area contributed by atoms with Gasteiger partial charge in [-0.1, -0.05) is 29.5 Å². The second-order valence-corrected chi connectivity index (χ2v) is 9.49. The molecule has 4 aromatic rings. The van der Waals surface area contributed by atoms with E-state index in [9.17, 15) is 19.5 Å². The lowest BCUT2D eigenvalue weighted by atomic mass is 9.94. The largest absolute Gasteiger partial charge is 0.507 e. The molecule has 1 aliphatic heterocycles. The van der Waals surface area contributed by atoms with E-state index < -0.39 is 23.7 Å². The lowest BCUT2D eigenvalue weighted by Crippen LogP contribution is -2.29. The van der Waals surface area contributed by atoms with Crippen LogP contribution in [0, 0.1) is 6.92 Å². The third-order valence-corrected chi connectivity index (χ3v) is 7.21. The molecule has 1 aliphatic rings. The van der Waals surface area contributed by atoms with Gasteiger partial charge in [0.15, 0.2) is 5.13 Å². The molecule has 9 heteroatoms. The molecule has 186 valence electrons. The van der Waals surface area contributed by atoms with Crippen LogP contribution in [0.5, 0.6) is 5.75 Å². The van der Waals surface area contributed by atoms with Crippen molar-refractivity contribution in [2.75, 3.05) is 19.1 Å². The number of ketones is 1. The molecule has 1 saturated heterocycles. The smallest absolute Gasteiger partial charge is 0.337 e. The Balaban J connectivity index is 1.69. The summed E-state index contributed by atoms with van der Waals surface area (Å²) >= 11 is 1.29. The summed E-state index contributed by atoms with van der Waals surface area (Å²) in [5.74, 6) is -1.88. The summed E-state index contributed by atoms with van der Waals surface area (Å²) in [7, 11) is 2.81. The van der Waals surface area contributed by atoms with E-state index in [1.165, 1.54) is 30.5 Å². The lowest BCUT2D eigenvalue weighted by Gasteiger charge is -2.23. The molecule has 0 bridgehead atoms. The van der Waals surface area contributed by atoms with E-state index in [-0.39, 0.29) is 11.3 Å². The van der Waals surface area contributed by atoms with Crippen LogP contribution >= 0.6 is 11.3 Å². The van der Waals surface area contributed by atoms with Crippen molar-refractivity contribution in [3.63, 3.8) is 0 Å². The van der Waals surface area contributed by atoms with Crippen molar-refractivity contribution in [2.24, 2.45) is 0 Å². The number of carbonyl (C=O) groups excluding carboxylic acids is 3. The van der Waals surface area contributed by atoms with Gasteiger partial charge >= 0.3 is 11.9 Å². The third-order valence-electron chi connectivity index (χ3n) is 6.19. The number of esters is 1. The number of nitrogens with zero attached hydrogens (tertiary/aromatic N) is 2. The van der Waals surface area contributed by atoms with E-state index in [2.05, 4.69) is 4.98 Å². The molecule has 37 heavy (non-hydrogen) atoms. The normalized spacial score (nSPS) is 16.8. The van der Waals surface area contributed by atoms with Crippen molar-refractivity contribution in [2.45, 2.75) is 13.0 Å². The molecule has 1 amide bonds. The molecule has 5 rings (SSSR count). The van der Waals surface area contributed by atoms with E-state index in [0.717, 1.165) is 10.3 Å². The molecule has 2 heterocycles. The van der Waals surface area contributed by atoms with Gasteiger partial charge in [0.2, 0.25) is 0 Å². The SMILES string of the molecule is COC(=O)c1ccc([C@@H]2C(=C(O)c3ccc(OC)cc3)C(=O)C(=O)N2c2nc3ccc(C)cc3s2)cc1. The molecule has 1 N–H and O–H groups in total. The molecular formula is C28H22N2O6S. The summed E-state index contributed by atoms with van der Waals surface area (Å²) in [4.78, 5) is 44.7. The minimum Gasteiger partial charge on any atom is -0.507 e. The van der Waals surface area contributed by atoms with E-state index in [1.54, 1.807) is 48.5 Å². The van der Waals surface area contributed by atoms with E-state index in [0.29, 0.717) is 33.1 Å². The van der Waals surface area contributed by atoms with Gasteiger partial charge in [-0.2, -0.15) is 0 Å². The van der Waals surface area contributed by atoms with Gasteiger partial charge in [-0.3, -0.25) is 14.5 Å². The van der Waals surface area contributed by atoms with Crippen LogP contribution in [0.1, 0.15) is 33.1 Å². The fourth-order valence-corrected chi connectivity index (χ4v) is 5.38. The van der Waals surface area contributed by atoms with Gasteiger partial charge < -0.3 is 14.6 Å². The number of benzene rings is 3. The average Bonchev–Trinajstić information content (AvgIpc) is 3.45. The summed E-state index contributed by atoms with van der Waals surface area (Å²) < 4.78 is 10.8. The standard InChI is InChI=1S/C28H22N2O6S/c1-15-4-13-20-21(14-15)37-28(29-20)30-23(16-5-7-18(8-6-16)27(34)36-3)22(25(32)26(30)33)24(31)17-9-11-19(35-2)12-10-17/h4-14,23,31H,1-3H3/t23-/m1/s1. The average molecular weight is 515 g/mol. The number of aliphatic hydroxyl groups excluding tert-OH is 1. The van der Waals surface area contributed by atoms with Crippen molar-refractivity contribution in [3.05, 3.63) is 94.6 Å². The Morgan fingerprint density at radius 3 is 2.30 bits per heavy atom. The Bertz CT molecular complexity index is 1570. The molecule has 0 unspecified atom stereocenters. The number of rotatable bonds is 5. The highest BCUT2D eigenvalue weighted by atomic mass is 32.1. The molecule has 8 nitrogen and oxygen atoms in total. The Labute approximate surface area is 216 Å². The van der Waals surface area contributed by atoms with Gasteiger partial charge in [0, 0.05) is 5.56 Å². The van der Waals surface area contributed by atoms with Crippen LogP contribution in [0.2, 0.25) is 0 Å².